The van der Waals surface area contributed by atoms with Gasteiger partial charge in [0.2, 0.25) is 0 Å². The predicted octanol–water partition coefficient (Wildman–Crippen LogP) is 2.91. The summed E-state index contributed by atoms with van der Waals surface area (Å²) in [5, 5.41) is 1.13. The number of nitrogens with zero attached hydrogens (tertiary/aromatic N) is 1. The van der Waals surface area contributed by atoms with Gasteiger partial charge in [0.25, 0.3) is 0 Å². The van der Waals surface area contributed by atoms with Crippen molar-refractivity contribution in [1.29, 1.82) is 0 Å². The van der Waals surface area contributed by atoms with Gasteiger partial charge < -0.3 is 9.64 Å². The van der Waals surface area contributed by atoms with Gasteiger partial charge in [0, 0.05) is 18.5 Å². The highest BCUT2D eigenvalue weighted by Crippen LogP contribution is 2.14. The number of ether oxygens (including phenoxy) is 1. The third kappa shape index (κ3) is 5.88. The summed E-state index contributed by atoms with van der Waals surface area (Å²) in [5.74, 6) is 0.830. The summed E-state index contributed by atoms with van der Waals surface area (Å²) in [6, 6.07) is 0. The van der Waals surface area contributed by atoms with Crippen LogP contribution in [0.2, 0.25) is 0 Å². The van der Waals surface area contributed by atoms with Gasteiger partial charge in [-0.2, -0.15) is 0 Å². The fraction of sp³-hybridized carbons (Fsp3) is 1.00. The molecular formula is C12H24BrNO. The van der Waals surface area contributed by atoms with Crippen molar-refractivity contribution in [2.75, 3.05) is 32.1 Å². The van der Waals surface area contributed by atoms with Gasteiger partial charge >= 0.3 is 0 Å². The molecule has 0 aliphatic carbocycles. The van der Waals surface area contributed by atoms with Gasteiger partial charge in [-0.15, -0.1) is 0 Å². The molecule has 2 atom stereocenters. The van der Waals surface area contributed by atoms with Crippen molar-refractivity contribution >= 4 is 15.9 Å². The summed E-state index contributed by atoms with van der Waals surface area (Å²) < 4.78 is 5.63. The van der Waals surface area contributed by atoms with Crippen molar-refractivity contribution in [3.8, 4) is 0 Å². The zero-order chi connectivity index (χ0) is 11.1. The molecule has 0 aromatic rings. The van der Waals surface area contributed by atoms with E-state index in [0.717, 1.165) is 24.4 Å². The van der Waals surface area contributed by atoms with Crippen LogP contribution in [0.5, 0.6) is 0 Å². The van der Waals surface area contributed by atoms with Crippen LogP contribution >= 0.6 is 15.9 Å². The molecule has 15 heavy (non-hydrogen) atoms. The fourth-order valence-electron chi connectivity index (χ4n) is 2.00. The van der Waals surface area contributed by atoms with E-state index in [1.165, 1.54) is 32.2 Å². The van der Waals surface area contributed by atoms with Crippen LogP contribution in [-0.4, -0.2) is 43.1 Å². The van der Waals surface area contributed by atoms with Gasteiger partial charge in [0.05, 0.1) is 6.10 Å². The van der Waals surface area contributed by atoms with E-state index in [1.807, 2.05) is 0 Å². The molecule has 1 aliphatic heterocycles. The molecule has 1 saturated heterocycles. The van der Waals surface area contributed by atoms with E-state index in [2.05, 4.69) is 34.8 Å². The van der Waals surface area contributed by atoms with Gasteiger partial charge in [-0.1, -0.05) is 22.9 Å². The molecule has 0 aromatic heterocycles. The predicted molar refractivity (Wildman–Crippen MR) is 68.7 cm³/mol. The van der Waals surface area contributed by atoms with Gasteiger partial charge in [0.15, 0.2) is 0 Å². The number of likely N-dealkylation sites (N-methyl/N-ethyl adjacent to an activating group) is 1. The Hall–Kier alpha value is 0.400. The van der Waals surface area contributed by atoms with Crippen LogP contribution in [0.15, 0.2) is 0 Å². The SMILES string of the molecule is CC(CCBr)CCN(C)CC1CCCO1. The summed E-state index contributed by atoms with van der Waals surface area (Å²) in [6.45, 7) is 5.62. The first-order chi connectivity index (χ1) is 7.22. The molecule has 0 amide bonds. The number of hydrogen-bond donors (Lipinski definition) is 0. The van der Waals surface area contributed by atoms with Crippen LogP contribution < -0.4 is 0 Å². The highest BCUT2D eigenvalue weighted by Gasteiger charge is 2.17. The first-order valence-electron chi connectivity index (χ1n) is 6.08. The van der Waals surface area contributed by atoms with Crippen LogP contribution in [0.4, 0.5) is 0 Å². The lowest BCUT2D eigenvalue weighted by Crippen LogP contribution is -2.30. The molecule has 0 bridgehead atoms. The Bertz CT molecular complexity index is 160. The quantitative estimate of drug-likeness (QED) is 0.664. The zero-order valence-corrected chi connectivity index (χ0v) is 11.6. The highest BCUT2D eigenvalue weighted by atomic mass is 79.9. The normalized spacial score (nSPS) is 23.6. The molecule has 3 heteroatoms. The van der Waals surface area contributed by atoms with Crippen LogP contribution in [0.25, 0.3) is 0 Å². The summed E-state index contributed by atoms with van der Waals surface area (Å²) >= 11 is 3.49. The molecular weight excluding hydrogens is 254 g/mol. The Morgan fingerprint density at radius 1 is 1.47 bits per heavy atom. The molecule has 0 radical (unpaired) electrons. The van der Waals surface area contributed by atoms with E-state index in [4.69, 9.17) is 4.74 Å². The molecule has 90 valence electrons. The largest absolute Gasteiger partial charge is 0.377 e. The molecule has 0 N–H and O–H groups in total. The van der Waals surface area contributed by atoms with Crippen LogP contribution in [0, 0.1) is 5.92 Å². The van der Waals surface area contributed by atoms with Crippen LogP contribution in [0.3, 0.4) is 0 Å². The van der Waals surface area contributed by atoms with Crippen molar-refractivity contribution in [2.24, 2.45) is 5.92 Å². The Kier molecular flexibility index (Phi) is 6.86. The molecule has 1 aliphatic rings. The maximum atomic E-state index is 5.63. The average Bonchev–Trinajstić information content (AvgIpc) is 2.68. The average molecular weight is 278 g/mol. The van der Waals surface area contributed by atoms with Crippen molar-refractivity contribution in [1.82, 2.24) is 4.90 Å². The van der Waals surface area contributed by atoms with Crippen LogP contribution in [-0.2, 0) is 4.74 Å². The number of alkyl halides is 1. The van der Waals surface area contributed by atoms with E-state index >= 15 is 0 Å². The Balaban J connectivity index is 2.04. The maximum Gasteiger partial charge on any atom is 0.0702 e. The topological polar surface area (TPSA) is 12.5 Å². The molecule has 2 unspecified atom stereocenters. The minimum Gasteiger partial charge on any atom is -0.377 e. The Labute approximate surface area is 102 Å². The van der Waals surface area contributed by atoms with E-state index in [0.29, 0.717) is 6.10 Å². The van der Waals surface area contributed by atoms with Gasteiger partial charge in [-0.3, -0.25) is 0 Å². The second-order valence-electron chi connectivity index (χ2n) is 4.77. The smallest absolute Gasteiger partial charge is 0.0702 e. The zero-order valence-electron chi connectivity index (χ0n) is 10.0. The van der Waals surface area contributed by atoms with Crippen molar-refractivity contribution in [3.05, 3.63) is 0 Å². The molecule has 2 nitrogen and oxygen atoms in total. The van der Waals surface area contributed by atoms with Gasteiger partial charge in [0.1, 0.15) is 0 Å². The number of hydrogen-bond acceptors (Lipinski definition) is 2. The summed E-state index contributed by atoms with van der Waals surface area (Å²) in [4.78, 5) is 2.42. The van der Waals surface area contributed by atoms with Crippen molar-refractivity contribution in [3.63, 3.8) is 0 Å². The summed E-state index contributed by atoms with van der Waals surface area (Å²) in [5.41, 5.74) is 0. The van der Waals surface area contributed by atoms with E-state index in [1.54, 1.807) is 0 Å². The third-order valence-electron chi connectivity index (χ3n) is 3.14. The Morgan fingerprint density at radius 2 is 2.27 bits per heavy atom. The van der Waals surface area contributed by atoms with Gasteiger partial charge in [-0.25, -0.2) is 0 Å². The second kappa shape index (κ2) is 7.64. The molecule has 0 spiro atoms. The van der Waals surface area contributed by atoms with E-state index < -0.39 is 0 Å². The lowest BCUT2D eigenvalue weighted by Gasteiger charge is -2.21. The number of halogens is 1. The van der Waals surface area contributed by atoms with Crippen LogP contribution in [0.1, 0.15) is 32.6 Å². The lowest BCUT2D eigenvalue weighted by atomic mass is 10.1. The first kappa shape index (κ1) is 13.5. The molecule has 0 saturated carbocycles. The summed E-state index contributed by atoms with van der Waals surface area (Å²) in [7, 11) is 2.21. The molecule has 1 heterocycles. The van der Waals surface area contributed by atoms with E-state index in [-0.39, 0.29) is 0 Å². The van der Waals surface area contributed by atoms with Crippen molar-refractivity contribution < 1.29 is 4.74 Å². The summed E-state index contributed by atoms with van der Waals surface area (Å²) in [6.07, 6.45) is 5.59. The van der Waals surface area contributed by atoms with Crippen molar-refractivity contribution in [2.45, 2.75) is 38.7 Å². The lowest BCUT2D eigenvalue weighted by molar-refractivity contribution is 0.0798. The minimum absolute atomic E-state index is 0.501. The molecule has 0 aromatic carbocycles. The highest BCUT2D eigenvalue weighted by molar-refractivity contribution is 9.09. The fourth-order valence-corrected chi connectivity index (χ4v) is 2.78. The van der Waals surface area contributed by atoms with Gasteiger partial charge in [-0.05, 0) is 45.2 Å². The number of rotatable bonds is 7. The monoisotopic (exact) mass is 277 g/mol. The Morgan fingerprint density at radius 3 is 2.87 bits per heavy atom. The molecule has 1 fully saturated rings. The maximum absolute atomic E-state index is 5.63. The second-order valence-corrected chi connectivity index (χ2v) is 5.56. The third-order valence-corrected chi connectivity index (χ3v) is 3.60. The van der Waals surface area contributed by atoms with E-state index in [9.17, 15) is 0 Å². The minimum atomic E-state index is 0.501. The first-order valence-corrected chi connectivity index (χ1v) is 7.20. The molecule has 1 rings (SSSR count). The standard InChI is InChI=1S/C12H24BrNO/c1-11(5-7-13)6-8-14(2)10-12-4-3-9-15-12/h11-12H,3-10H2,1-2H3.